The van der Waals surface area contributed by atoms with Gasteiger partial charge in [-0.3, -0.25) is 4.79 Å². The summed E-state index contributed by atoms with van der Waals surface area (Å²) in [7, 11) is 0. The molecule has 0 atom stereocenters. The van der Waals surface area contributed by atoms with Gasteiger partial charge in [-0.1, -0.05) is 51.0 Å². The molecule has 1 aromatic heterocycles. The minimum absolute atomic E-state index is 0.112. The summed E-state index contributed by atoms with van der Waals surface area (Å²) < 4.78 is 39.4. The third kappa shape index (κ3) is 5.69. The van der Waals surface area contributed by atoms with Crippen molar-refractivity contribution in [3.8, 4) is 0 Å². The first kappa shape index (κ1) is 24.8. The summed E-state index contributed by atoms with van der Waals surface area (Å²) in [6.45, 7) is 7.19. The number of hydrogen-bond donors (Lipinski definition) is 1. The summed E-state index contributed by atoms with van der Waals surface area (Å²) in [6.07, 6.45) is -2.34. The molecule has 1 aliphatic rings. The van der Waals surface area contributed by atoms with E-state index in [1.54, 1.807) is 6.07 Å². The van der Waals surface area contributed by atoms with Crippen LogP contribution in [-0.4, -0.2) is 43.6 Å². The molecule has 3 aromatic rings. The minimum atomic E-state index is -4.36. The number of pyridine rings is 1. The fourth-order valence-corrected chi connectivity index (χ4v) is 4.49. The Morgan fingerprint density at radius 2 is 1.66 bits per heavy atom. The van der Waals surface area contributed by atoms with Gasteiger partial charge in [0.1, 0.15) is 5.82 Å². The number of carbonyl (C=O) groups is 1. The van der Waals surface area contributed by atoms with Crippen molar-refractivity contribution in [2.75, 3.05) is 42.5 Å². The lowest BCUT2D eigenvalue weighted by Gasteiger charge is -2.37. The maximum atomic E-state index is 13.1. The number of hydrogen-bond acceptors (Lipinski definition) is 4. The number of carbonyl (C=O) groups excluding carboxylic acids is 1. The third-order valence-electron chi connectivity index (χ3n) is 6.80. The van der Waals surface area contributed by atoms with Crippen LogP contribution in [-0.2, 0) is 6.18 Å². The second kappa shape index (κ2) is 10.5. The topological polar surface area (TPSA) is 48.5 Å². The number of nitrogens with zero attached hydrogens (tertiary/aromatic N) is 3. The van der Waals surface area contributed by atoms with Crippen molar-refractivity contribution in [1.82, 2.24) is 10.3 Å². The van der Waals surface area contributed by atoms with E-state index < -0.39 is 11.7 Å². The summed E-state index contributed by atoms with van der Waals surface area (Å²) in [5.74, 6) is 1.04. The highest BCUT2D eigenvalue weighted by Gasteiger charge is 2.31. The average Bonchev–Trinajstić information content (AvgIpc) is 2.88. The Hall–Kier alpha value is -3.29. The highest BCUT2D eigenvalue weighted by Crippen LogP contribution is 2.32. The van der Waals surface area contributed by atoms with Crippen LogP contribution in [0.3, 0.4) is 0 Å². The number of piperazine rings is 1. The molecule has 2 heterocycles. The second-order valence-electron chi connectivity index (χ2n) is 8.96. The normalized spacial score (nSPS) is 14.6. The van der Waals surface area contributed by atoms with Crippen LogP contribution < -0.4 is 15.1 Å². The SMILES string of the molecule is CCC(CC)CNC(=O)c1cc(N2CCN(c3cccc(C(F)(F)F)c3)CC2)nc2ccccc12. The van der Waals surface area contributed by atoms with Gasteiger partial charge in [-0.05, 0) is 36.2 Å². The molecular formula is C27H31F3N4O. The Balaban J connectivity index is 1.52. The Morgan fingerprint density at radius 1 is 0.971 bits per heavy atom. The van der Waals surface area contributed by atoms with E-state index in [0.29, 0.717) is 55.7 Å². The number of nitrogens with one attached hydrogen (secondary N) is 1. The molecule has 4 rings (SSSR count). The first-order chi connectivity index (χ1) is 16.8. The summed E-state index contributed by atoms with van der Waals surface area (Å²) >= 11 is 0. The van der Waals surface area contributed by atoms with Gasteiger partial charge >= 0.3 is 6.18 Å². The van der Waals surface area contributed by atoms with Gasteiger partial charge in [0.15, 0.2) is 0 Å². The van der Waals surface area contributed by atoms with E-state index in [0.717, 1.165) is 29.8 Å². The zero-order chi connectivity index (χ0) is 25.0. The van der Waals surface area contributed by atoms with Gasteiger partial charge in [0.25, 0.3) is 5.91 Å². The van der Waals surface area contributed by atoms with E-state index >= 15 is 0 Å². The number of para-hydroxylation sites is 1. The standard InChI is InChI=1S/C27H31F3N4O/c1-3-19(4-2)18-31-26(35)23-17-25(32-24-11-6-5-10-22(23)24)34-14-12-33(13-15-34)21-9-7-8-20(16-21)27(28,29)30/h5-11,16-17,19H,3-4,12-15,18H2,1-2H3,(H,31,35). The first-order valence-corrected chi connectivity index (χ1v) is 12.1. The fraction of sp³-hybridized carbons (Fsp3) is 0.407. The summed E-state index contributed by atoms with van der Waals surface area (Å²) in [5, 5.41) is 3.89. The molecule has 186 valence electrons. The zero-order valence-corrected chi connectivity index (χ0v) is 20.1. The van der Waals surface area contributed by atoms with E-state index in [-0.39, 0.29) is 5.91 Å². The molecule has 0 radical (unpaired) electrons. The Morgan fingerprint density at radius 3 is 2.34 bits per heavy atom. The number of aromatic nitrogens is 1. The van der Waals surface area contributed by atoms with Gasteiger partial charge in [-0.15, -0.1) is 0 Å². The van der Waals surface area contributed by atoms with Gasteiger partial charge in [0.2, 0.25) is 0 Å². The lowest BCUT2D eigenvalue weighted by Crippen LogP contribution is -2.47. The van der Waals surface area contributed by atoms with E-state index in [9.17, 15) is 18.0 Å². The lowest BCUT2D eigenvalue weighted by atomic mass is 10.0. The molecule has 0 spiro atoms. The van der Waals surface area contributed by atoms with Gasteiger partial charge in [-0.2, -0.15) is 13.2 Å². The largest absolute Gasteiger partial charge is 0.416 e. The van der Waals surface area contributed by atoms with Crippen molar-refractivity contribution in [2.24, 2.45) is 5.92 Å². The molecule has 0 bridgehead atoms. The molecule has 1 amide bonds. The molecule has 1 fully saturated rings. The molecule has 0 unspecified atom stereocenters. The molecular weight excluding hydrogens is 453 g/mol. The Labute approximate surface area is 203 Å². The number of halogens is 3. The number of fused-ring (bicyclic) bond motifs is 1. The summed E-state index contributed by atoms with van der Waals surface area (Å²) in [4.78, 5) is 22.0. The van der Waals surface area contributed by atoms with Crippen molar-refractivity contribution >= 4 is 28.3 Å². The van der Waals surface area contributed by atoms with Gasteiger partial charge in [0, 0.05) is 43.8 Å². The molecule has 5 nitrogen and oxygen atoms in total. The van der Waals surface area contributed by atoms with Crippen LogP contribution in [0.4, 0.5) is 24.7 Å². The Bertz CT molecular complexity index is 1170. The van der Waals surface area contributed by atoms with Crippen LogP contribution >= 0.6 is 0 Å². The summed E-state index contributed by atoms with van der Waals surface area (Å²) in [6, 6.07) is 14.9. The van der Waals surface area contributed by atoms with Crippen molar-refractivity contribution in [2.45, 2.75) is 32.9 Å². The molecule has 35 heavy (non-hydrogen) atoms. The average molecular weight is 485 g/mol. The molecule has 2 aromatic carbocycles. The molecule has 1 saturated heterocycles. The fourth-order valence-electron chi connectivity index (χ4n) is 4.49. The third-order valence-corrected chi connectivity index (χ3v) is 6.80. The summed E-state index contributed by atoms with van der Waals surface area (Å²) in [5.41, 5.74) is 1.26. The maximum Gasteiger partial charge on any atom is 0.416 e. The predicted octanol–water partition coefficient (Wildman–Crippen LogP) is 5.75. The molecule has 8 heteroatoms. The van der Waals surface area contributed by atoms with Crippen LogP contribution in [0.15, 0.2) is 54.6 Å². The highest BCUT2D eigenvalue weighted by atomic mass is 19.4. The van der Waals surface area contributed by atoms with Crippen LogP contribution in [0.25, 0.3) is 10.9 Å². The Kier molecular flexibility index (Phi) is 7.48. The number of benzene rings is 2. The van der Waals surface area contributed by atoms with Crippen molar-refractivity contribution in [1.29, 1.82) is 0 Å². The van der Waals surface area contributed by atoms with Crippen molar-refractivity contribution in [3.63, 3.8) is 0 Å². The smallest absolute Gasteiger partial charge is 0.368 e. The number of anilines is 2. The van der Waals surface area contributed by atoms with Crippen molar-refractivity contribution in [3.05, 3.63) is 65.7 Å². The number of rotatable bonds is 7. The molecule has 1 aliphatic heterocycles. The number of alkyl halides is 3. The van der Waals surface area contributed by atoms with E-state index in [1.165, 1.54) is 12.1 Å². The van der Waals surface area contributed by atoms with Gasteiger partial charge < -0.3 is 15.1 Å². The zero-order valence-electron chi connectivity index (χ0n) is 20.1. The quantitative estimate of drug-likeness (QED) is 0.464. The molecule has 0 aliphatic carbocycles. The van der Waals surface area contributed by atoms with Gasteiger partial charge in [0.05, 0.1) is 16.6 Å². The lowest BCUT2D eigenvalue weighted by molar-refractivity contribution is -0.137. The van der Waals surface area contributed by atoms with Crippen LogP contribution in [0.1, 0.15) is 42.6 Å². The predicted molar refractivity (Wildman–Crippen MR) is 134 cm³/mol. The van der Waals surface area contributed by atoms with Crippen LogP contribution in [0.2, 0.25) is 0 Å². The molecule has 0 saturated carbocycles. The minimum Gasteiger partial charge on any atom is -0.368 e. The van der Waals surface area contributed by atoms with Gasteiger partial charge in [-0.25, -0.2) is 4.98 Å². The van der Waals surface area contributed by atoms with E-state index in [4.69, 9.17) is 4.98 Å². The van der Waals surface area contributed by atoms with E-state index in [2.05, 4.69) is 24.1 Å². The second-order valence-corrected chi connectivity index (χ2v) is 8.96. The maximum absolute atomic E-state index is 13.1. The molecule has 1 N–H and O–H groups in total. The van der Waals surface area contributed by atoms with Crippen LogP contribution in [0, 0.1) is 5.92 Å². The number of amides is 1. The van der Waals surface area contributed by atoms with Crippen LogP contribution in [0.5, 0.6) is 0 Å². The first-order valence-electron chi connectivity index (χ1n) is 12.1. The van der Waals surface area contributed by atoms with E-state index in [1.807, 2.05) is 35.2 Å². The highest BCUT2D eigenvalue weighted by molar-refractivity contribution is 6.07. The van der Waals surface area contributed by atoms with Crippen molar-refractivity contribution < 1.29 is 18.0 Å². The monoisotopic (exact) mass is 484 g/mol.